The van der Waals surface area contributed by atoms with Gasteiger partial charge in [-0.2, -0.15) is 0 Å². The van der Waals surface area contributed by atoms with Crippen molar-refractivity contribution in [2.45, 2.75) is 52.0 Å². The van der Waals surface area contributed by atoms with Gasteiger partial charge in [-0.25, -0.2) is 4.39 Å². The van der Waals surface area contributed by atoms with Crippen molar-refractivity contribution >= 4 is 11.8 Å². The number of carbonyl (C=O) groups is 2. The Labute approximate surface area is 201 Å². The Hall–Kier alpha value is -2.89. The fraction of sp³-hybridized carbons (Fsp3) is 0.500. The Morgan fingerprint density at radius 3 is 2.44 bits per heavy atom. The molecule has 2 saturated heterocycles. The van der Waals surface area contributed by atoms with Gasteiger partial charge in [-0.1, -0.05) is 44.2 Å². The first-order valence-electron chi connectivity index (χ1n) is 12.3. The van der Waals surface area contributed by atoms with Gasteiger partial charge in [0.25, 0.3) is 0 Å². The van der Waals surface area contributed by atoms with Crippen LogP contribution in [0.4, 0.5) is 4.39 Å². The van der Waals surface area contributed by atoms with E-state index < -0.39 is 5.41 Å². The monoisotopic (exact) mass is 466 g/mol. The van der Waals surface area contributed by atoms with Gasteiger partial charge in [0.1, 0.15) is 11.6 Å². The standard InChI is InChI=1S/C28H35FN2O3/c1-20(2)19-31-24(16-21-8-10-23(29)11-9-21)18-28(27(31)33)12-14-30(15-13-28)26(32)17-22-6-4-5-7-25(22)34-3/h4-11,20,24H,12-19H2,1-3H3/t24-/m1/s1. The fourth-order valence-corrected chi connectivity index (χ4v) is 5.55. The molecule has 6 heteroatoms. The van der Waals surface area contributed by atoms with Crippen molar-refractivity contribution in [2.24, 2.45) is 11.3 Å². The summed E-state index contributed by atoms with van der Waals surface area (Å²) in [5.41, 5.74) is 1.53. The number of carbonyl (C=O) groups excluding carboxylic acids is 2. The molecule has 2 amide bonds. The number of piperidine rings is 1. The first-order chi connectivity index (χ1) is 16.3. The molecule has 2 aliphatic heterocycles. The molecule has 0 bridgehead atoms. The van der Waals surface area contributed by atoms with Crippen LogP contribution >= 0.6 is 0 Å². The smallest absolute Gasteiger partial charge is 0.229 e. The summed E-state index contributed by atoms with van der Waals surface area (Å²) in [7, 11) is 1.62. The maximum atomic E-state index is 13.7. The summed E-state index contributed by atoms with van der Waals surface area (Å²) in [5.74, 6) is 1.16. The topological polar surface area (TPSA) is 49.9 Å². The normalized spacial score (nSPS) is 19.8. The highest BCUT2D eigenvalue weighted by Gasteiger charge is 2.52. The zero-order valence-electron chi connectivity index (χ0n) is 20.4. The summed E-state index contributed by atoms with van der Waals surface area (Å²) in [6, 6.07) is 14.3. The van der Waals surface area contributed by atoms with E-state index in [1.165, 1.54) is 12.1 Å². The van der Waals surface area contributed by atoms with Crippen molar-refractivity contribution in [3.8, 4) is 5.75 Å². The lowest BCUT2D eigenvalue weighted by Crippen LogP contribution is -2.47. The Morgan fingerprint density at radius 1 is 1.12 bits per heavy atom. The first-order valence-corrected chi connectivity index (χ1v) is 12.3. The molecule has 0 aromatic heterocycles. The van der Waals surface area contributed by atoms with Crippen molar-refractivity contribution in [1.29, 1.82) is 0 Å². The number of methoxy groups -OCH3 is 1. The fourth-order valence-electron chi connectivity index (χ4n) is 5.55. The molecular formula is C28H35FN2O3. The third-order valence-electron chi connectivity index (χ3n) is 7.34. The van der Waals surface area contributed by atoms with Crippen molar-refractivity contribution in [3.63, 3.8) is 0 Å². The Balaban J connectivity index is 1.44. The molecule has 2 aliphatic rings. The minimum atomic E-state index is -0.402. The third kappa shape index (κ3) is 5.11. The van der Waals surface area contributed by atoms with Crippen LogP contribution in [0.2, 0.25) is 0 Å². The first kappa shape index (κ1) is 24.2. The van der Waals surface area contributed by atoms with E-state index in [1.54, 1.807) is 7.11 Å². The Morgan fingerprint density at radius 2 is 1.79 bits per heavy atom. The molecule has 34 heavy (non-hydrogen) atoms. The van der Waals surface area contributed by atoms with Gasteiger partial charge in [0.15, 0.2) is 0 Å². The molecular weight excluding hydrogens is 431 g/mol. The van der Waals surface area contributed by atoms with Crippen LogP contribution in [0.25, 0.3) is 0 Å². The van der Waals surface area contributed by atoms with Crippen LogP contribution in [0.5, 0.6) is 5.75 Å². The van der Waals surface area contributed by atoms with E-state index in [1.807, 2.05) is 41.3 Å². The summed E-state index contributed by atoms with van der Waals surface area (Å²) < 4.78 is 18.8. The number of hydrogen-bond acceptors (Lipinski definition) is 3. The average Bonchev–Trinajstić information content (AvgIpc) is 3.06. The van der Waals surface area contributed by atoms with Gasteiger partial charge in [-0.15, -0.1) is 0 Å². The average molecular weight is 467 g/mol. The molecule has 1 atom stereocenters. The molecule has 2 heterocycles. The lowest BCUT2D eigenvalue weighted by molar-refractivity contribution is -0.143. The second-order valence-corrected chi connectivity index (χ2v) is 10.2. The highest BCUT2D eigenvalue weighted by Crippen LogP contribution is 2.45. The van der Waals surface area contributed by atoms with Crippen molar-refractivity contribution in [1.82, 2.24) is 9.80 Å². The number of likely N-dealkylation sites (tertiary alicyclic amines) is 2. The quantitative estimate of drug-likeness (QED) is 0.604. The summed E-state index contributed by atoms with van der Waals surface area (Å²) in [6.07, 6.45) is 3.22. The number of benzene rings is 2. The molecule has 2 aromatic rings. The van der Waals surface area contributed by atoms with Crippen LogP contribution in [0.1, 0.15) is 44.2 Å². The van der Waals surface area contributed by atoms with Gasteiger partial charge >= 0.3 is 0 Å². The number of ether oxygens (including phenoxy) is 1. The third-order valence-corrected chi connectivity index (χ3v) is 7.34. The molecule has 0 radical (unpaired) electrons. The number of amides is 2. The van der Waals surface area contributed by atoms with Crippen LogP contribution in [0.3, 0.4) is 0 Å². The largest absolute Gasteiger partial charge is 0.496 e. The van der Waals surface area contributed by atoms with Gasteiger partial charge < -0.3 is 14.5 Å². The molecule has 0 unspecified atom stereocenters. The van der Waals surface area contributed by atoms with Gasteiger partial charge in [0.05, 0.1) is 18.9 Å². The minimum Gasteiger partial charge on any atom is -0.496 e. The molecule has 0 saturated carbocycles. The van der Waals surface area contributed by atoms with Crippen LogP contribution < -0.4 is 4.74 Å². The number of rotatable bonds is 7. The SMILES string of the molecule is COc1ccccc1CC(=O)N1CCC2(CC1)C[C@@H](Cc1ccc(F)cc1)N(CC(C)C)C2=O. The van der Waals surface area contributed by atoms with Crippen molar-refractivity contribution in [3.05, 3.63) is 65.5 Å². The number of halogens is 1. The summed E-state index contributed by atoms with van der Waals surface area (Å²) in [4.78, 5) is 30.6. The van der Waals surface area contributed by atoms with E-state index >= 15 is 0 Å². The minimum absolute atomic E-state index is 0.0756. The summed E-state index contributed by atoms with van der Waals surface area (Å²) in [6.45, 7) is 6.18. The van der Waals surface area contributed by atoms with Gasteiger partial charge in [-0.05, 0) is 55.4 Å². The van der Waals surface area contributed by atoms with E-state index in [9.17, 15) is 14.0 Å². The molecule has 2 aromatic carbocycles. The van der Waals surface area contributed by atoms with Crippen LogP contribution in [0.15, 0.2) is 48.5 Å². The second-order valence-electron chi connectivity index (χ2n) is 10.2. The van der Waals surface area contributed by atoms with Gasteiger partial charge in [0.2, 0.25) is 11.8 Å². The van der Waals surface area contributed by atoms with E-state index in [0.717, 1.165) is 36.3 Å². The Kier molecular flexibility index (Phi) is 7.24. The van der Waals surface area contributed by atoms with Crippen LogP contribution in [0, 0.1) is 17.2 Å². The lowest BCUT2D eigenvalue weighted by atomic mass is 9.75. The van der Waals surface area contributed by atoms with Crippen molar-refractivity contribution in [2.75, 3.05) is 26.7 Å². The predicted octanol–water partition coefficient (Wildman–Crippen LogP) is 4.49. The maximum Gasteiger partial charge on any atom is 0.229 e. The van der Waals surface area contributed by atoms with E-state index in [-0.39, 0.29) is 23.7 Å². The number of para-hydroxylation sites is 1. The second kappa shape index (κ2) is 10.2. The number of nitrogens with zero attached hydrogens (tertiary/aromatic N) is 2. The summed E-state index contributed by atoms with van der Waals surface area (Å²) in [5, 5.41) is 0. The number of hydrogen-bond donors (Lipinski definition) is 0. The Bertz CT molecular complexity index is 1010. The molecule has 0 aliphatic carbocycles. The molecule has 182 valence electrons. The van der Waals surface area contributed by atoms with Crippen LogP contribution in [-0.2, 0) is 22.4 Å². The van der Waals surface area contributed by atoms with Gasteiger partial charge in [-0.3, -0.25) is 9.59 Å². The lowest BCUT2D eigenvalue weighted by Gasteiger charge is -2.38. The highest BCUT2D eigenvalue weighted by atomic mass is 19.1. The highest BCUT2D eigenvalue weighted by molar-refractivity contribution is 5.86. The van der Waals surface area contributed by atoms with Crippen LogP contribution in [-0.4, -0.2) is 54.4 Å². The summed E-state index contributed by atoms with van der Waals surface area (Å²) >= 11 is 0. The molecule has 1 spiro atoms. The zero-order valence-corrected chi connectivity index (χ0v) is 20.4. The predicted molar refractivity (Wildman–Crippen MR) is 130 cm³/mol. The molecule has 2 fully saturated rings. The molecule has 4 rings (SSSR count). The maximum absolute atomic E-state index is 13.7. The molecule has 0 N–H and O–H groups in total. The molecule has 5 nitrogen and oxygen atoms in total. The van der Waals surface area contributed by atoms with Gasteiger partial charge in [0, 0.05) is 31.2 Å². The van der Waals surface area contributed by atoms with Crippen molar-refractivity contribution < 1.29 is 18.7 Å². The van der Waals surface area contributed by atoms with E-state index in [4.69, 9.17) is 4.74 Å². The zero-order chi connectivity index (χ0) is 24.3. The van der Waals surface area contributed by atoms with E-state index in [2.05, 4.69) is 18.7 Å². The van der Waals surface area contributed by atoms with E-state index in [0.29, 0.717) is 38.3 Å².